The van der Waals surface area contributed by atoms with E-state index in [9.17, 15) is 13.2 Å². The fraction of sp³-hybridized carbons (Fsp3) is 0.600. The van der Waals surface area contributed by atoms with E-state index in [-0.39, 0.29) is 18.5 Å². The van der Waals surface area contributed by atoms with Gasteiger partial charge in [-0.05, 0) is 24.8 Å². The summed E-state index contributed by atoms with van der Waals surface area (Å²) in [6.45, 7) is 3.52. The number of aryl methyl sites for hydroxylation is 1. The molecule has 1 aliphatic rings. The first-order chi connectivity index (χ1) is 11.9. The molecule has 0 radical (unpaired) electrons. The Morgan fingerprint density at radius 1 is 1.20 bits per heavy atom. The first-order valence-corrected chi connectivity index (χ1v) is 8.03. The first kappa shape index (κ1) is 17.6. The van der Waals surface area contributed by atoms with Crippen LogP contribution < -0.4 is 4.74 Å². The molecule has 0 bridgehead atoms. The lowest BCUT2D eigenvalue weighted by Crippen LogP contribution is -2.38. The topological polar surface area (TPSA) is 77.2 Å². The lowest BCUT2D eigenvalue weighted by molar-refractivity contribution is -0.157. The van der Waals surface area contributed by atoms with E-state index in [1.807, 2.05) is 11.8 Å². The van der Waals surface area contributed by atoms with E-state index >= 15 is 0 Å². The summed E-state index contributed by atoms with van der Waals surface area (Å²) in [5.74, 6) is -1.35. The molecular formula is C15H18F3N5O2. The van der Waals surface area contributed by atoms with Gasteiger partial charge in [0.1, 0.15) is 6.10 Å². The summed E-state index contributed by atoms with van der Waals surface area (Å²) in [5.41, 5.74) is 1.04. The number of likely N-dealkylation sites (tertiary alicyclic amines) is 1. The molecule has 1 saturated heterocycles. The second kappa shape index (κ2) is 7.34. The van der Waals surface area contributed by atoms with E-state index in [4.69, 9.17) is 4.74 Å². The number of hydrogen-bond acceptors (Lipinski definition) is 7. The zero-order valence-corrected chi connectivity index (χ0v) is 13.7. The Labute approximate surface area is 142 Å². The highest BCUT2D eigenvalue weighted by Gasteiger charge is 2.38. The van der Waals surface area contributed by atoms with Gasteiger partial charge in [-0.15, -0.1) is 10.2 Å². The van der Waals surface area contributed by atoms with Crippen LogP contribution in [0.25, 0.3) is 0 Å². The van der Waals surface area contributed by atoms with Crippen LogP contribution in [0.15, 0.2) is 16.8 Å². The minimum atomic E-state index is -4.61. The van der Waals surface area contributed by atoms with E-state index in [2.05, 4.69) is 24.6 Å². The third kappa shape index (κ3) is 4.65. The van der Waals surface area contributed by atoms with Gasteiger partial charge >= 0.3 is 18.1 Å². The van der Waals surface area contributed by atoms with Crippen LogP contribution in [0, 0.1) is 0 Å². The van der Waals surface area contributed by atoms with E-state index in [1.165, 1.54) is 0 Å². The van der Waals surface area contributed by atoms with Gasteiger partial charge in [-0.2, -0.15) is 13.2 Å². The van der Waals surface area contributed by atoms with Crippen LogP contribution >= 0.6 is 0 Å². The van der Waals surface area contributed by atoms with E-state index in [1.54, 1.807) is 12.4 Å². The molecule has 2 aromatic rings. The molecule has 0 N–H and O–H groups in total. The molecule has 2 aromatic heterocycles. The zero-order valence-electron chi connectivity index (χ0n) is 13.7. The predicted molar refractivity (Wildman–Crippen MR) is 79.6 cm³/mol. The van der Waals surface area contributed by atoms with Crippen molar-refractivity contribution in [1.29, 1.82) is 0 Å². The van der Waals surface area contributed by atoms with E-state index < -0.39 is 12.1 Å². The van der Waals surface area contributed by atoms with Gasteiger partial charge in [0.25, 0.3) is 0 Å². The molecule has 0 spiro atoms. The molecule has 1 fully saturated rings. The Hall–Kier alpha value is -2.23. The number of hydrogen-bond donors (Lipinski definition) is 0. The molecule has 7 nitrogen and oxygen atoms in total. The summed E-state index contributed by atoms with van der Waals surface area (Å²) in [4.78, 5) is 10.3. The fourth-order valence-corrected chi connectivity index (χ4v) is 2.54. The van der Waals surface area contributed by atoms with Crippen LogP contribution in [-0.2, 0) is 19.1 Å². The van der Waals surface area contributed by atoms with Crippen LogP contribution in [0.4, 0.5) is 13.2 Å². The van der Waals surface area contributed by atoms with Crippen molar-refractivity contribution in [3.63, 3.8) is 0 Å². The van der Waals surface area contributed by atoms with Crippen LogP contribution in [0.2, 0.25) is 0 Å². The number of rotatable bonds is 5. The average Bonchev–Trinajstić information content (AvgIpc) is 3.06. The average molecular weight is 357 g/mol. The molecule has 3 rings (SSSR count). The van der Waals surface area contributed by atoms with Crippen molar-refractivity contribution in [3.05, 3.63) is 29.7 Å². The van der Waals surface area contributed by atoms with Gasteiger partial charge < -0.3 is 9.15 Å². The number of nitrogens with zero attached hydrogens (tertiary/aromatic N) is 5. The van der Waals surface area contributed by atoms with E-state index in [0.717, 1.165) is 24.8 Å². The standard InChI is InChI=1S/C15H18F3N5O2/c1-2-10-7-19-14(20-8-10)24-11-3-5-23(6-4-11)9-12-21-22-13(25-12)15(16,17)18/h7-8,11H,2-6,9H2,1H3. The minimum Gasteiger partial charge on any atom is -0.460 e. The van der Waals surface area contributed by atoms with Gasteiger partial charge in [0.15, 0.2) is 0 Å². The number of piperidine rings is 1. The largest absolute Gasteiger partial charge is 0.470 e. The van der Waals surface area contributed by atoms with Crippen molar-refractivity contribution in [2.75, 3.05) is 13.1 Å². The third-order valence-corrected chi connectivity index (χ3v) is 3.96. The highest BCUT2D eigenvalue weighted by atomic mass is 19.4. The van der Waals surface area contributed by atoms with Crippen LogP contribution in [-0.4, -0.2) is 44.3 Å². The van der Waals surface area contributed by atoms with Gasteiger partial charge in [-0.1, -0.05) is 6.92 Å². The Kier molecular flexibility index (Phi) is 5.16. The summed E-state index contributed by atoms with van der Waals surface area (Å²) >= 11 is 0. The molecule has 1 aliphatic heterocycles. The van der Waals surface area contributed by atoms with Crippen LogP contribution in [0.3, 0.4) is 0 Å². The maximum Gasteiger partial charge on any atom is 0.470 e. The third-order valence-electron chi connectivity index (χ3n) is 3.96. The quantitative estimate of drug-likeness (QED) is 0.813. The van der Waals surface area contributed by atoms with Crippen LogP contribution in [0.1, 0.15) is 37.1 Å². The van der Waals surface area contributed by atoms with Crippen molar-refractivity contribution in [1.82, 2.24) is 25.1 Å². The van der Waals surface area contributed by atoms with Gasteiger partial charge in [0, 0.05) is 25.5 Å². The SMILES string of the molecule is CCc1cnc(OC2CCN(Cc3nnc(C(F)(F)F)o3)CC2)nc1. The smallest absolute Gasteiger partial charge is 0.460 e. The van der Waals surface area contributed by atoms with Crippen molar-refractivity contribution in [3.8, 4) is 6.01 Å². The molecule has 0 atom stereocenters. The second-order valence-electron chi connectivity index (χ2n) is 5.82. The van der Waals surface area contributed by atoms with Gasteiger partial charge in [0.2, 0.25) is 5.89 Å². The molecule has 0 saturated carbocycles. The Bertz CT molecular complexity index is 681. The molecule has 136 valence electrons. The van der Waals surface area contributed by atoms with Crippen molar-refractivity contribution in [2.45, 2.75) is 45.0 Å². The molecule has 0 unspecified atom stereocenters. The van der Waals surface area contributed by atoms with Gasteiger partial charge in [-0.25, -0.2) is 9.97 Å². The Morgan fingerprint density at radius 2 is 1.88 bits per heavy atom. The predicted octanol–water partition coefficient (Wildman–Crippen LogP) is 2.48. The lowest BCUT2D eigenvalue weighted by atomic mass is 10.1. The molecule has 0 aliphatic carbocycles. The van der Waals surface area contributed by atoms with Crippen molar-refractivity contribution >= 4 is 0 Å². The molecule has 3 heterocycles. The Balaban J connectivity index is 1.47. The van der Waals surface area contributed by atoms with Gasteiger partial charge in [0.05, 0.1) is 6.54 Å². The zero-order chi connectivity index (χ0) is 17.9. The second-order valence-corrected chi connectivity index (χ2v) is 5.82. The summed E-state index contributed by atoms with van der Waals surface area (Å²) in [5, 5.41) is 6.48. The summed E-state index contributed by atoms with van der Waals surface area (Å²) < 4.78 is 47.8. The summed E-state index contributed by atoms with van der Waals surface area (Å²) in [6.07, 6.45) is 1.16. The monoisotopic (exact) mass is 357 g/mol. The van der Waals surface area contributed by atoms with Gasteiger partial charge in [-0.3, -0.25) is 4.90 Å². The van der Waals surface area contributed by atoms with Crippen molar-refractivity contribution < 1.29 is 22.3 Å². The molecule has 0 aromatic carbocycles. The highest BCUT2D eigenvalue weighted by molar-refractivity contribution is 5.07. The number of aromatic nitrogens is 4. The fourth-order valence-electron chi connectivity index (χ4n) is 2.54. The highest BCUT2D eigenvalue weighted by Crippen LogP contribution is 2.28. The normalized spacial score (nSPS) is 17.0. The molecule has 0 amide bonds. The van der Waals surface area contributed by atoms with Crippen molar-refractivity contribution in [2.24, 2.45) is 0 Å². The first-order valence-electron chi connectivity index (χ1n) is 8.03. The number of ether oxygens (including phenoxy) is 1. The Morgan fingerprint density at radius 3 is 2.44 bits per heavy atom. The summed E-state index contributed by atoms with van der Waals surface area (Å²) in [7, 11) is 0. The maximum atomic E-state index is 12.4. The lowest BCUT2D eigenvalue weighted by Gasteiger charge is -2.30. The summed E-state index contributed by atoms with van der Waals surface area (Å²) in [6, 6.07) is 0.349. The maximum absolute atomic E-state index is 12.4. The van der Waals surface area contributed by atoms with Crippen LogP contribution in [0.5, 0.6) is 6.01 Å². The number of alkyl halides is 3. The number of halogens is 3. The molecular weight excluding hydrogens is 339 g/mol. The minimum absolute atomic E-state index is 0.0165. The molecule has 25 heavy (non-hydrogen) atoms. The molecule has 10 heteroatoms. The van der Waals surface area contributed by atoms with E-state index in [0.29, 0.717) is 19.1 Å².